The number of anilines is 1. The fraction of sp³-hybridized carbons (Fsp3) is 0.417. The molecule has 1 aromatic rings. The third-order valence-electron chi connectivity index (χ3n) is 3.07. The summed E-state index contributed by atoms with van der Waals surface area (Å²) < 4.78 is 13.7. The van der Waals surface area contributed by atoms with Gasteiger partial charge < -0.3 is 10.0 Å². The molecule has 1 aromatic heterocycles. The SMILES string of the molecule is N#CC1(F)CCN(c2ncccc2C(=O)O)CC1. The summed E-state index contributed by atoms with van der Waals surface area (Å²) in [5.41, 5.74) is -1.70. The number of carboxylic acid groups (broad SMARTS) is 1. The van der Waals surface area contributed by atoms with Crippen LogP contribution in [-0.2, 0) is 0 Å². The van der Waals surface area contributed by atoms with Crippen LogP contribution < -0.4 is 4.90 Å². The minimum atomic E-state index is -1.80. The van der Waals surface area contributed by atoms with Crippen molar-refractivity contribution in [1.29, 1.82) is 5.26 Å². The molecule has 0 spiro atoms. The molecular weight excluding hydrogens is 237 g/mol. The van der Waals surface area contributed by atoms with Gasteiger partial charge in [-0.15, -0.1) is 0 Å². The highest BCUT2D eigenvalue weighted by molar-refractivity contribution is 5.93. The van der Waals surface area contributed by atoms with E-state index in [0.717, 1.165) is 0 Å². The first-order valence-corrected chi connectivity index (χ1v) is 5.59. The van der Waals surface area contributed by atoms with Gasteiger partial charge in [-0.3, -0.25) is 0 Å². The van der Waals surface area contributed by atoms with Crippen molar-refractivity contribution in [1.82, 2.24) is 4.98 Å². The van der Waals surface area contributed by atoms with Crippen LogP contribution in [-0.4, -0.2) is 34.8 Å². The number of hydrogen-bond donors (Lipinski definition) is 1. The van der Waals surface area contributed by atoms with Crippen molar-refractivity contribution >= 4 is 11.8 Å². The molecule has 0 amide bonds. The van der Waals surface area contributed by atoms with Crippen LogP contribution in [0.5, 0.6) is 0 Å². The van der Waals surface area contributed by atoms with Crippen LogP contribution in [0.2, 0.25) is 0 Å². The molecule has 1 saturated heterocycles. The lowest BCUT2D eigenvalue weighted by molar-refractivity contribution is 0.0697. The van der Waals surface area contributed by atoms with Crippen LogP contribution in [0.4, 0.5) is 10.2 Å². The first kappa shape index (κ1) is 12.3. The van der Waals surface area contributed by atoms with E-state index in [1.807, 2.05) is 0 Å². The van der Waals surface area contributed by atoms with Crippen molar-refractivity contribution in [2.75, 3.05) is 18.0 Å². The number of carbonyl (C=O) groups is 1. The second-order valence-electron chi connectivity index (χ2n) is 4.24. The summed E-state index contributed by atoms with van der Waals surface area (Å²) in [6.45, 7) is 0.586. The monoisotopic (exact) mass is 249 g/mol. The maximum Gasteiger partial charge on any atom is 0.339 e. The first-order valence-electron chi connectivity index (χ1n) is 5.59. The van der Waals surface area contributed by atoms with Crippen molar-refractivity contribution in [3.8, 4) is 6.07 Å². The number of halogens is 1. The quantitative estimate of drug-likeness (QED) is 0.861. The topological polar surface area (TPSA) is 77.2 Å². The summed E-state index contributed by atoms with van der Waals surface area (Å²) in [6.07, 6.45) is 1.64. The standard InChI is InChI=1S/C12H12FN3O2/c13-12(8-14)3-6-16(7-4-12)10-9(11(17)18)2-1-5-15-10/h1-2,5H,3-4,6-7H2,(H,17,18). The molecule has 6 heteroatoms. The van der Waals surface area contributed by atoms with Crippen molar-refractivity contribution < 1.29 is 14.3 Å². The zero-order valence-corrected chi connectivity index (χ0v) is 9.64. The Balaban J connectivity index is 2.20. The van der Waals surface area contributed by atoms with Crippen molar-refractivity contribution in [2.45, 2.75) is 18.5 Å². The van der Waals surface area contributed by atoms with Gasteiger partial charge in [-0.2, -0.15) is 5.26 Å². The lowest BCUT2D eigenvalue weighted by Gasteiger charge is -2.33. The van der Waals surface area contributed by atoms with Crippen LogP contribution in [0.1, 0.15) is 23.2 Å². The Morgan fingerprint density at radius 2 is 2.22 bits per heavy atom. The number of carboxylic acids is 1. The average molecular weight is 249 g/mol. The van der Waals surface area contributed by atoms with E-state index < -0.39 is 11.6 Å². The van der Waals surface area contributed by atoms with Gasteiger partial charge in [0.2, 0.25) is 0 Å². The maximum absolute atomic E-state index is 13.7. The number of aromatic nitrogens is 1. The van der Waals surface area contributed by atoms with Gasteiger partial charge in [-0.1, -0.05) is 0 Å². The summed E-state index contributed by atoms with van der Waals surface area (Å²) in [5, 5.41) is 17.7. The van der Waals surface area contributed by atoms with Gasteiger partial charge in [0, 0.05) is 32.1 Å². The maximum atomic E-state index is 13.7. The lowest BCUT2D eigenvalue weighted by Crippen LogP contribution is -2.41. The summed E-state index contributed by atoms with van der Waals surface area (Å²) in [7, 11) is 0. The molecule has 0 aromatic carbocycles. The summed E-state index contributed by atoms with van der Waals surface area (Å²) >= 11 is 0. The molecule has 0 unspecified atom stereocenters. The molecule has 0 saturated carbocycles. The average Bonchev–Trinajstić information content (AvgIpc) is 2.39. The molecule has 0 atom stereocenters. The highest BCUT2D eigenvalue weighted by Gasteiger charge is 2.35. The zero-order valence-electron chi connectivity index (χ0n) is 9.64. The molecule has 5 nitrogen and oxygen atoms in total. The molecule has 1 aliphatic rings. The third-order valence-corrected chi connectivity index (χ3v) is 3.07. The zero-order chi connectivity index (χ0) is 13.2. The largest absolute Gasteiger partial charge is 0.478 e. The number of alkyl halides is 1. The van der Waals surface area contributed by atoms with Gasteiger partial charge in [0.1, 0.15) is 17.5 Å². The van der Waals surface area contributed by atoms with E-state index in [2.05, 4.69) is 4.98 Å². The van der Waals surface area contributed by atoms with Gasteiger partial charge in [0.05, 0.1) is 0 Å². The molecule has 0 bridgehead atoms. The lowest BCUT2D eigenvalue weighted by atomic mass is 9.95. The molecule has 1 fully saturated rings. The van der Waals surface area contributed by atoms with Crippen LogP contribution in [0.25, 0.3) is 0 Å². The number of nitrogens with zero attached hydrogens (tertiary/aromatic N) is 3. The molecule has 2 rings (SSSR count). The van der Waals surface area contributed by atoms with E-state index in [-0.39, 0.29) is 18.4 Å². The van der Waals surface area contributed by atoms with Crippen LogP contribution in [0.15, 0.2) is 18.3 Å². The van der Waals surface area contributed by atoms with E-state index in [0.29, 0.717) is 18.9 Å². The molecular formula is C12H12FN3O2. The second-order valence-corrected chi connectivity index (χ2v) is 4.24. The van der Waals surface area contributed by atoms with Crippen LogP contribution in [0.3, 0.4) is 0 Å². The summed E-state index contributed by atoms with van der Waals surface area (Å²) in [6, 6.07) is 4.67. The predicted octanol–water partition coefficient (Wildman–Crippen LogP) is 1.61. The number of nitriles is 1. The number of piperidine rings is 1. The van der Waals surface area contributed by atoms with Gasteiger partial charge in [0.15, 0.2) is 5.67 Å². The second kappa shape index (κ2) is 4.61. The minimum Gasteiger partial charge on any atom is -0.478 e. The normalized spacial score (nSPS) is 18.1. The van der Waals surface area contributed by atoms with Crippen molar-refractivity contribution in [3.63, 3.8) is 0 Å². The molecule has 1 aliphatic heterocycles. The van der Waals surface area contributed by atoms with Crippen LogP contribution >= 0.6 is 0 Å². The Morgan fingerprint density at radius 1 is 1.56 bits per heavy atom. The van der Waals surface area contributed by atoms with Gasteiger partial charge in [0.25, 0.3) is 0 Å². The van der Waals surface area contributed by atoms with Gasteiger partial charge in [-0.25, -0.2) is 14.2 Å². The van der Waals surface area contributed by atoms with E-state index in [1.165, 1.54) is 12.3 Å². The summed E-state index contributed by atoms with van der Waals surface area (Å²) in [4.78, 5) is 16.8. The van der Waals surface area contributed by atoms with E-state index in [9.17, 15) is 9.18 Å². The Hall–Kier alpha value is -2.16. The van der Waals surface area contributed by atoms with E-state index >= 15 is 0 Å². The first-order chi connectivity index (χ1) is 8.56. The smallest absolute Gasteiger partial charge is 0.339 e. The predicted molar refractivity (Wildman–Crippen MR) is 62.1 cm³/mol. The summed E-state index contributed by atoms with van der Waals surface area (Å²) in [5.74, 6) is -0.722. The van der Waals surface area contributed by atoms with Gasteiger partial charge >= 0.3 is 5.97 Å². The minimum absolute atomic E-state index is 0.0686. The highest BCUT2D eigenvalue weighted by Crippen LogP contribution is 2.29. The van der Waals surface area contributed by atoms with Gasteiger partial charge in [-0.05, 0) is 12.1 Å². The Morgan fingerprint density at radius 3 is 2.78 bits per heavy atom. The molecule has 18 heavy (non-hydrogen) atoms. The Bertz CT molecular complexity index is 504. The molecule has 1 N–H and O–H groups in total. The molecule has 0 aliphatic carbocycles. The Labute approximate surface area is 103 Å². The fourth-order valence-corrected chi connectivity index (χ4v) is 2.00. The number of aromatic carboxylic acids is 1. The van der Waals surface area contributed by atoms with Crippen LogP contribution in [0, 0.1) is 11.3 Å². The number of pyridine rings is 1. The van der Waals surface area contributed by atoms with Crippen molar-refractivity contribution in [3.05, 3.63) is 23.9 Å². The molecule has 94 valence electrons. The van der Waals surface area contributed by atoms with E-state index in [1.54, 1.807) is 17.0 Å². The molecule has 2 heterocycles. The highest BCUT2D eigenvalue weighted by atomic mass is 19.1. The Kier molecular flexibility index (Phi) is 3.15. The fourth-order valence-electron chi connectivity index (χ4n) is 2.00. The number of rotatable bonds is 2. The van der Waals surface area contributed by atoms with Crippen molar-refractivity contribution in [2.24, 2.45) is 0 Å². The molecule has 0 radical (unpaired) electrons. The van der Waals surface area contributed by atoms with E-state index in [4.69, 9.17) is 10.4 Å². The number of hydrogen-bond acceptors (Lipinski definition) is 4. The third kappa shape index (κ3) is 2.25.